The van der Waals surface area contributed by atoms with Gasteiger partial charge in [-0.3, -0.25) is 4.79 Å². The number of thioether (sulfide) groups is 1. The standard InChI is InChI=1S/C11H19N5O3S/c1-15(5-9(17)6-19-2)10(18)7-20-11-12-13-14-16(11)8-3-4-8/h8-9,17H,3-7H2,1-2H3. The van der Waals surface area contributed by atoms with Crippen molar-refractivity contribution in [3.8, 4) is 0 Å². The second-order valence-electron chi connectivity index (χ2n) is 4.81. The van der Waals surface area contributed by atoms with Crippen LogP contribution in [0.25, 0.3) is 0 Å². The number of tetrazole rings is 1. The second kappa shape index (κ2) is 7.00. The zero-order chi connectivity index (χ0) is 14.5. The van der Waals surface area contributed by atoms with E-state index in [0.717, 1.165) is 12.8 Å². The summed E-state index contributed by atoms with van der Waals surface area (Å²) in [5.74, 6) is 0.180. The van der Waals surface area contributed by atoms with Crippen LogP contribution in [0.5, 0.6) is 0 Å². The van der Waals surface area contributed by atoms with Gasteiger partial charge >= 0.3 is 0 Å². The molecular weight excluding hydrogens is 282 g/mol. The molecular formula is C11H19N5O3S. The Morgan fingerprint density at radius 1 is 1.65 bits per heavy atom. The van der Waals surface area contributed by atoms with Crippen molar-refractivity contribution in [2.75, 3.05) is 33.1 Å². The van der Waals surface area contributed by atoms with Gasteiger partial charge in [-0.1, -0.05) is 11.8 Å². The molecule has 8 nitrogen and oxygen atoms in total. The van der Waals surface area contributed by atoms with Crippen LogP contribution in [0.1, 0.15) is 18.9 Å². The van der Waals surface area contributed by atoms with Crippen molar-refractivity contribution < 1.29 is 14.6 Å². The number of aromatic nitrogens is 4. The average Bonchev–Trinajstić information content (AvgIpc) is 3.15. The number of nitrogens with zero attached hydrogens (tertiary/aromatic N) is 5. The lowest BCUT2D eigenvalue weighted by Crippen LogP contribution is -2.37. The minimum absolute atomic E-state index is 0.0736. The Morgan fingerprint density at radius 3 is 3.05 bits per heavy atom. The van der Waals surface area contributed by atoms with Gasteiger partial charge in [0.25, 0.3) is 0 Å². The van der Waals surface area contributed by atoms with E-state index in [2.05, 4.69) is 15.5 Å². The molecule has 0 spiro atoms. The normalized spacial score (nSPS) is 16.1. The summed E-state index contributed by atoms with van der Waals surface area (Å²) in [5.41, 5.74) is 0. The van der Waals surface area contributed by atoms with Crippen molar-refractivity contribution in [1.82, 2.24) is 25.1 Å². The van der Waals surface area contributed by atoms with E-state index >= 15 is 0 Å². The fourth-order valence-corrected chi connectivity index (χ4v) is 2.61. The van der Waals surface area contributed by atoms with E-state index in [9.17, 15) is 9.90 Å². The van der Waals surface area contributed by atoms with Crippen LogP contribution in [0.4, 0.5) is 0 Å². The Morgan fingerprint density at radius 2 is 2.40 bits per heavy atom. The highest BCUT2D eigenvalue weighted by atomic mass is 32.2. The third-order valence-electron chi connectivity index (χ3n) is 2.95. The van der Waals surface area contributed by atoms with Gasteiger partial charge in [0.15, 0.2) is 0 Å². The van der Waals surface area contributed by atoms with Crippen molar-refractivity contribution in [2.24, 2.45) is 0 Å². The number of carbonyl (C=O) groups excluding carboxylic acids is 1. The van der Waals surface area contributed by atoms with Gasteiger partial charge in [0.05, 0.1) is 24.5 Å². The first kappa shape index (κ1) is 15.2. The monoisotopic (exact) mass is 301 g/mol. The van der Waals surface area contributed by atoms with Crippen LogP contribution < -0.4 is 0 Å². The fourth-order valence-electron chi connectivity index (χ4n) is 1.73. The lowest BCUT2D eigenvalue weighted by atomic mass is 10.3. The Balaban J connectivity index is 1.77. The van der Waals surface area contributed by atoms with Gasteiger partial charge in [-0.25, -0.2) is 4.68 Å². The summed E-state index contributed by atoms with van der Waals surface area (Å²) in [4.78, 5) is 13.4. The van der Waals surface area contributed by atoms with Crippen LogP contribution in [0.15, 0.2) is 5.16 Å². The molecule has 0 aliphatic heterocycles. The average molecular weight is 301 g/mol. The molecule has 0 bridgehead atoms. The third-order valence-corrected chi connectivity index (χ3v) is 3.87. The van der Waals surface area contributed by atoms with Crippen molar-refractivity contribution in [3.05, 3.63) is 0 Å². The number of methoxy groups -OCH3 is 1. The summed E-state index contributed by atoms with van der Waals surface area (Å²) in [7, 11) is 3.17. The maximum absolute atomic E-state index is 12.0. The molecule has 1 aromatic heterocycles. The molecule has 0 saturated heterocycles. The van der Waals surface area contributed by atoms with Gasteiger partial charge in [-0.2, -0.15) is 0 Å². The summed E-state index contributed by atoms with van der Waals surface area (Å²) in [6, 6.07) is 0.392. The third kappa shape index (κ3) is 4.15. The van der Waals surface area contributed by atoms with E-state index in [1.165, 1.54) is 23.8 Å². The number of carbonyl (C=O) groups is 1. The molecule has 20 heavy (non-hydrogen) atoms. The summed E-state index contributed by atoms with van der Waals surface area (Å²) >= 11 is 1.32. The SMILES string of the molecule is COCC(O)CN(C)C(=O)CSc1nnnn1C1CC1. The summed E-state index contributed by atoms with van der Waals surface area (Å²) in [6.45, 7) is 0.464. The summed E-state index contributed by atoms with van der Waals surface area (Å²) in [5, 5.41) is 21.7. The number of aliphatic hydroxyl groups excluding tert-OH is 1. The smallest absolute Gasteiger partial charge is 0.232 e. The van der Waals surface area contributed by atoms with Crippen molar-refractivity contribution in [3.63, 3.8) is 0 Å². The van der Waals surface area contributed by atoms with Gasteiger partial charge in [-0.15, -0.1) is 5.10 Å². The van der Waals surface area contributed by atoms with E-state index in [-0.39, 0.29) is 24.8 Å². The fraction of sp³-hybridized carbons (Fsp3) is 0.818. The Labute approximate surface area is 121 Å². The maximum Gasteiger partial charge on any atom is 0.232 e. The molecule has 1 aliphatic carbocycles. The van der Waals surface area contributed by atoms with Crippen LogP contribution in [0.3, 0.4) is 0 Å². The van der Waals surface area contributed by atoms with E-state index in [1.54, 1.807) is 11.7 Å². The van der Waals surface area contributed by atoms with Crippen molar-refractivity contribution in [1.29, 1.82) is 0 Å². The number of ether oxygens (including phenoxy) is 1. The van der Waals surface area contributed by atoms with Crippen molar-refractivity contribution >= 4 is 17.7 Å². The maximum atomic E-state index is 12.0. The topological polar surface area (TPSA) is 93.4 Å². The number of hydrogen-bond acceptors (Lipinski definition) is 7. The highest BCUT2D eigenvalue weighted by molar-refractivity contribution is 7.99. The number of likely N-dealkylation sites (N-methyl/N-ethyl adjacent to an activating group) is 1. The van der Waals surface area contributed by atoms with Gasteiger partial charge < -0.3 is 14.7 Å². The first-order valence-corrected chi connectivity index (χ1v) is 7.42. The molecule has 9 heteroatoms. The van der Waals surface area contributed by atoms with Crippen LogP contribution in [-0.2, 0) is 9.53 Å². The minimum atomic E-state index is -0.671. The molecule has 1 amide bonds. The highest BCUT2D eigenvalue weighted by Gasteiger charge is 2.28. The first-order chi connectivity index (χ1) is 9.61. The molecule has 1 atom stereocenters. The summed E-state index contributed by atoms with van der Waals surface area (Å²) in [6.07, 6.45) is 1.52. The van der Waals surface area contributed by atoms with Gasteiger partial charge in [0.2, 0.25) is 11.1 Å². The van der Waals surface area contributed by atoms with E-state index in [0.29, 0.717) is 11.2 Å². The van der Waals surface area contributed by atoms with E-state index < -0.39 is 6.10 Å². The zero-order valence-corrected chi connectivity index (χ0v) is 12.4. The predicted octanol–water partition coefficient (Wildman–Crippen LogP) is -0.434. The molecule has 0 radical (unpaired) electrons. The molecule has 1 unspecified atom stereocenters. The van der Waals surface area contributed by atoms with E-state index in [4.69, 9.17) is 4.74 Å². The number of rotatable bonds is 8. The predicted molar refractivity (Wildman–Crippen MR) is 72.3 cm³/mol. The molecule has 1 saturated carbocycles. The molecule has 1 N–H and O–H groups in total. The quantitative estimate of drug-likeness (QED) is 0.651. The molecule has 0 aromatic carbocycles. The largest absolute Gasteiger partial charge is 0.389 e. The first-order valence-electron chi connectivity index (χ1n) is 6.43. The number of amides is 1. The number of hydrogen-bond donors (Lipinski definition) is 1. The lowest BCUT2D eigenvalue weighted by Gasteiger charge is -2.20. The molecule has 1 aliphatic rings. The second-order valence-corrected chi connectivity index (χ2v) is 5.75. The molecule has 1 aromatic rings. The zero-order valence-electron chi connectivity index (χ0n) is 11.6. The van der Waals surface area contributed by atoms with Crippen LogP contribution in [0.2, 0.25) is 0 Å². The van der Waals surface area contributed by atoms with Crippen LogP contribution in [-0.4, -0.2) is 75.3 Å². The Hall–Kier alpha value is -1.19. The molecule has 1 fully saturated rings. The molecule has 112 valence electrons. The highest BCUT2D eigenvalue weighted by Crippen LogP contribution is 2.36. The van der Waals surface area contributed by atoms with Crippen LogP contribution >= 0.6 is 11.8 Å². The van der Waals surface area contributed by atoms with Crippen LogP contribution in [0, 0.1) is 0 Å². The van der Waals surface area contributed by atoms with Gasteiger partial charge in [0, 0.05) is 20.7 Å². The van der Waals surface area contributed by atoms with Gasteiger partial charge in [-0.05, 0) is 23.3 Å². The number of aliphatic hydroxyl groups is 1. The lowest BCUT2D eigenvalue weighted by molar-refractivity contribution is -0.128. The molecule has 2 rings (SSSR count). The van der Waals surface area contributed by atoms with E-state index in [1.807, 2.05) is 0 Å². The Bertz CT molecular complexity index is 451. The van der Waals surface area contributed by atoms with Gasteiger partial charge in [0.1, 0.15) is 0 Å². The minimum Gasteiger partial charge on any atom is -0.389 e. The van der Waals surface area contributed by atoms with Crippen molar-refractivity contribution in [2.45, 2.75) is 30.1 Å². The molecule has 1 heterocycles. The summed E-state index contributed by atoms with van der Waals surface area (Å²) < 4.78 is 6.60. The Kier molecular flexibility index (Phi) is 5.32.